The fourth-order valence-corrected chi connectivity index (χ4v) is 5.14. The van der Waals surface area contributed by atoms with Crippen molar-refractivity contribution in [3.63, 3.8) is 0 Å². The number of halogens is 1. The number of benzene rings is 1. The molecular weight excluding hydrogens is 373 g/mol. The molecule has 1 aliphatic heterocycles. The van der Waals surface area contributed by atoms with Crippen LogP contribution in [0.4, 0.5) is 10.1 Å². The highest BCUT2D eigenvalue weighted by Crippen LogP contribution is 2.32. The Bertz CT molecular complexity index is 826. The van der Waals surface area contributed by atoms with Crippen LogP contribution in [0.15, 0.2) is 24.3 Å². The summed E-state index contributed by atoms with van der Waals surface area (Å²) in [6.07, 6.45) is 2.27. The van der Waals surface area contributed by atoms with Gasteiger partial charge in [-0.05, 0) is 44.5 Å². The molecule has 9 heteroatoms. The molecule has 0 aromatic heterocycles. The Morgan fingerprint density at radius 3 is 2.52 bits per heavy atom. The van der Waals surface area contributed by atoms with E-state index in [-0.39, 0.29) is 48.5 Å². The van der Waals surface area contributed by atoms with Gasteiger partial charge in [0.1, 0.15) is 5.82 Å². The quantitative estimate of drug-likeness (QED) is 0.738. The Balaban J connectivity index is 1.53. The number of sulfone groups is 1. The van der Waals surface area contributed by atoms with Gasteiger partial charge in [-0.15, -0.1) is 0 Å². The average Bonchev–Trinajstić information content (AvgIpc) is 3.30. The average molecular weight is 397 g/mol. The molecule has 1 saturated carbocycles. The first kappa shape index (κ1) is 19.8. The number of hydrogen-bond donors (Lipinski definition) is 1. The van der Waals surface area contributed by atoms with E-state index in [4.69, 9.17) is 0 Å². The number of nitrogens with one attached hydrogen (secondary N) is 1. The van der Waals surface area contributed by atoms with Gasteiger partial charge in [-0.3, -0.25) is 14.5 Å². The molecule has 0 spiro atoms. The molecule has 1 aromatic carbocycles. The van der Waals surface area contributed by atoms with Crippen LogP contribution in [0.1, 0.15) is 19.3 Å². The molecule has 2 amide bonds. The van der Waals surface area contributed by atoms with Gasteiger partial charge < -0.3 is 10.2 Å². The smallest absolute Gasteiger partial charge is 0.238 e. The van der Waals surface area contributed by atoms with Crippen LogP contribution in [-0.4, -0.2) is 73.8 Å². The van der Waals surface area contributed by atoms with Gasteiger partial charge in [-0.1, -0.05) is 6.07 Å². The molecule has 0 unspecified atom stereocenters. The summed E-state index contributed by atoms with van der Waals surface area (Å²) in [7, 11) is -1.42. The number of anilines is 1. The van der Waals surface area contributed by atoms with E-state index in [1.165, 1.54) is 18.2 Å². The van der Waals surface area contributed by atoms with Crippen molar-refractivity contribution in [2.45, 2.75) is 31.3 Å². The lowest BCUT2D eigenvalue weighted by Gasteiger charge is -2.30. The van der Waals surface area contributed by atoms with E-state index >= 15 is 0 Å². The van der Waals surface area contributed by atoms with Gasteiger partial charge in [0.25, 0.3) is 0 Å². The van der Waals surface area contributed by atoms with Crippen LogP contribution in [-0.2, 0) is 19.4 Å². The van der Waals surface area contributed by atoms with E-state index in [2.05, 4.69) is 5.32 Å². The van der Waals surface area contributed by atoms with Crippen LogP contribution >= 0.6 is 0 Å². The van der Waals surface area contributed by atoms with Crippen molar-refractivity contribution in [2.24, 2.45) is 0 Å². The maximum atomic E-state index is 13.2. The zero-order chi connectivity index (χ0) is 19.6. The van der Waals surface area contributed by atoms with Gasteiger partial charge in [0.15, 0.2) is 9.84 Å². The minimum atomic E-state index is -3.07. The topological polar surface area (TPSA) is 86.8 Å². The van der Waals surface area contributed by atoms with E-state index in [9.17, 15) is 22.4 Å². The lowest BCUT2D eigenvalue weighted by Crippen LogP contribution is -2.47. The molecule has 3 rings (SSSR count). The minimum Gasteiger partial charge on any atom is -0.335 e. The summed E-state index contributed by atoms with van der Waals surface area (Å²) in [5.41, 5.74) is 0.357. The Morgan fingerprint density at radius 2 is 1.93 bits per heavy atom. The molecule has 1 aliphatic carbocycles. The fraction of sp³-hybridized carbons (Fsp3) is 0.556. The summed E-state index contributed by atoms with van der Waals surface area (Å²) in [5.74, 6) is -0.792. The van der Waals surface area contributed by atoms with Gasteiger partial charge in [-0.25, -0.2) is 12.8 Å². The predicted octanol–water partition coefficient (Wildman–Crippen LogP) is 0.874. The van der Waals surface area contributed by atoms with Crippen LogP contribution in [0.25, 0.3) is 0 Å². The van der Waals surface area contributed by atoms with Gasteiger partial charge in [0.05, 0.1) is 24.6 Å². The highest BCUT2D eigenvalue weighted by Gasteiger charge is 2.42. The second kappa shape index (κ2) is 7.93. The van der Waals surface area contributed by atoms with Crippen molar-refractivity contribution in [1.29, 1.82) is 0 Å². The molecule has 148 valence electrons. The van der Waals surface area contributed by atoms with E-state index < -0.39 is 15.7 Å². The third-order valence-corrected chi connectivity index (χ3v) is 6.51. The normalized spacial score (nSPS) is 21.2. The first-order chi connectivity index (χ1) is 12.7. The van der Waals surface area contributed by atoms with E-state index in [1.807, 2.05) is 0 Å². The van der Waals surface area contributed by atoms with Gasteiger partial charge in [0, 0.05) is 17.8 Å². The summed E-state index contributed by atoms with van der Waals surface area (Å²) < 4.78 is 36.7. The number of likely N-dealkylation sites (N-methyl/N-ethyl adjacent to an activating group) is 1. The van der Waals surface area contributed by atoms with Gasteiger partial charge in [-0.2, -0.15) is 0 Å². The van der Waals surface area contributed by atoms with E-state index in [1.54, 1.807) is 22.9 Å². The molecule has 1 atom stereocenters. The van der Waals surface area contributed by atoms with Crippen LogP contribution < -0.4 is 5.32 Å². The zero-order valence-electron chi connectivity index (χ0n) is 15.2. The van der Waals surface area contributed by atoms with Gasteiger partial charge in [0.2, 0.25) is 11.8 Å². The molecular formula is C18H24FN3O4S. The number of carbonyl (C=O) groups is 2. The monoisotopic (exact) mass is 397 g/mol. The van der Waals surface area contributed by atoms with Crippen LogP contribution in [0.3, 0.4) is 0 Å². The van der Waals surface area contributed by atoms with Crippen molar-refractivity contribution in [1.82, 2.24) is 9.80 Å². The number of hydrogen-bond acceptors (Lipinski definition) is 5. The molecule has 2 fully saturated rings. The third kappa shape index (κ3) is 5.49. The Hall–Kier alpha value is -2.00. The molecule has 1 heterocycles. The van der Waals surface area contributed by atoms with Crippen molar-refractivity contribution >= 4 is 27.3 Å². The molecule has 0 radical (unpaired) electrons. The summed E-state index contributed by atoms with van der Waals surface area (Å²) >= 11 is 0. The lowest BCUT2D eigenvalue weighted by molar-refractivity contribution is -0.134. The summed E-state index contributed by atoms with van der Waals surface area (Å²) in [6, 6.07) is 5.45. The molecule has 1 N–H and O–H groups in total. The molecule has 1 aromatic rings. The second-order valence-electron chi connectivity index (χ2n) is 7.32. The zero-order valence-corrected chi connectivity index (χ0v) is 16.0. The maximum Gasteiger partial charge on any atom is 0.238 e. The third-order valence-electron chi connectivity index (χ3n) is 4.76. The molecule has 2 aliphatic rings. The first-order valence-corrected chi connectivity index (χ1v) is 10.8. The molecule has 7 nitrogen and oxygen atoms in total. The summed E-state index contributed by atoms with van der Waals surface area (Å²) in [4.78, 5) is 28.1. The number of nitrogens with zero attached hydrogens (tertiary/aromatic N) is 2. The SMILES string of the molecule is CN(CC(=O)Nc1cccc(F)c1)CC(=O)N(C1CC1)[C@@H]1CCS(=O)(=O)C1. The number of amides is 2. The highest BCUT2D eigenvalue weighted by molar-refractivity contribution is 7.91. The van der Waals surface area contributed by atoms with Crippen LogP contribution in [0.2, 0.25) is 0 Å². The Kier molecular flexibility index (Phi) is 5.81. The van der Waals surface area contributed by atoms with Crippen molar-refractivity contribution in [3.05, 3.63) is 30.1 Å². The summed E-state index contributed by atoms with van der Waals surface area (Å²) in [5, 5.41) is 2.59. The number of carbonyl (C=O) groups excluding carboxylic acids is 2. The molecule has 0 bridgehead atoms. The lowest BCUT2D eigenvalue weighted by atomic mass is 10.2. The number of rotatable bonds is 7. The maximum absolute atomic E-state index is 13.2. The standard InChI is InChI=1S/C18H24FN3O4S/c1-21(10-17(23)20-14-4-2-3-13(19)9-14)11-18(24)22(15-5-6-15)16-7-8-27(25,26)12-16/h2-4,9,15-16H,5-8,10-12H2,1H3,(H,20,23)/t16-/m1/s1. The van der Waals surface area contributed by atoms with Crippen molar-refractivity contribution in [2.75, 3.05) is 37.0 Å². The highest BCUT2D eigenvalue weighted by atomic mass is 32.2. The first-order valence-electron chi connectivity index (χ1n) is 8.99. The van der Waals surface area contributed by atoms with E-state index in [0.717, 1.165) is 12.8 Å². The summed E-state index contributed by atoms with van der Waals surface area (Å²) in [6.45, 7) is 0.00729. The fourth-order valence-electron chi connectivity index (χ4n) is 3.43. The molecule has 27 heavy (non-hydrogen) atoms. The largest absolute Gasteiger partial charge is 0.335 e. The predicted molar refractivity (Wildman–Crippen MR) is 99.5 cm³/mol. The minimum absolute atomic E-state index is 0.0241. The molecule has 1 saturated heterocycles. The van der Waals surface area contributed by atoms with Crippen molar-refractivity contribution in [3.8, 4) is 0 Å². The Labute approximate surface area is 158 Å². The van der Waals surface area contributed by atoms with Crippen LogP contribution in [0, 0.1) is 5.82 Å². The van der Waals surface area contributed by atoms with Crippen LogP contribution in [0.5, 0.6) is 0 Å². The van der Waals surface area contributed by atoms with Crippen molar-refractivity contribution < 1.29 is 22.4 Å². The Morgan fingerprint density at radius 1 is 1.19 bits per heavy atom. The van der Waals surface area contributed by atoms with Gasteiger partial charge >= 0.3 is 0 Å². The van der Waals surface area contributed by atoms with E-state index in [0.29, 0.717) is 12.1 Å². The second-order valence-corrected chi connectivity index (χ2v) is 9.55.